The molecule has 0 bridgehead atoms. The molecule has 0 unspecified atom stereocenters. The van der Waals surface area contributed by atoms with Gasteiger partial charge in [0.25, 0.3) is 5.91 Å². The Balaban J connectivity index is 1.83. The standard InChI is InChI=1S/C27H30ClN7O4/c28-18-8-4-9-19(15-18)39-22-14-17(24(30)36)11-12-21(22)34-26(38)23(16-6-2-1-3-7-16)35-25(37)20(29)10-5-13-33-27(31)32/h1-4,6-9,11-12,14-15,20,23H,5,10,13,29H2,(H2,30,36)(H,34,38)(H,35,37)(H4,31,32,33)/t20-,23-/m0/s1. The molecule has 3 amide bonds. The second-order valence-corrected chi connectivity index (χ2v) is 8.97. The van der Waals surface area contributed by atoms with Crippen molar-refractivity contribution in [2.24, 2.45) is 27.9 Å². The summed E-state index contributed by atoms with van der Waals surface area (Å²) >= 11 is 6.06. The van der Waals surface area contributed by atoms with E-state index < -0.39 is 29.8 Å². The van der Waals surface area contributed by atoms with Gasteiger partial charge in [0.05, 0.1) is 11.7 Å². The molecule has 12 heteroatoms. The number of primary amides is 1. The number of hydrogen-bond acceptors (Lipinski definition) is 6. The number of nitrogens with two attached hydrogens (primary N) is 4. The smallest absolute Gasteiger partial charge is 0.251 e. The van der Waals surface area contributed by atoms with Gasteiger partial charge in [0, 0.05) is 17.1 Å². The fourth-order valence-corrected chi connectivity index (χ4v) is 3.75. The fraction of sp³-hybridized carbons (Fsp3) is 0.185. The number of carbonyl (C=O) groups is 3. The van der Waals surface area contributed by atoms with E-state index in [0.717, 1.165) is 0 Å². The first-order valence-electron chi connectivity index (χ1n) is 12.0. The van der Waals surface area contributed by atoms with Crippen LogP contribution in [0.5, 0.6) is 11.5 Å². The van der Waals surface area contributed by atoms with E-state index in [1.807, 2.05) is 0 Å². The maximum absolute atomic E-state index is 13.5. The Hall–Kier alpha value is -4.61. The van der Waals surface area contributed by atoms with Crippen LogP contribution in [-0.2, 0) is 9.59 Å². The van der Waals surface area contributed by atoms with Gasteiger partial charge < -0.3 is 38.3 Å². The Morgan fingerprint density at radius 3 is 2.33 bits per heavy atom. The zero-order chi connectivity index (χ0) is 28.4. The third kappa shape index (κ3) is 8.73. The molecule has 204 valence electrons. The van der Waals surface area contributed by atoms with Crippen LogP contribution in [0.1, 0.15) is 34.8 Å². The highest BCUT2D eigenvalue weighted by molar-refractivity contribution is 6.30. The lowest BCUT2D eigenvalue weighted by molar-refractivity contribution is -0.127. The predicted octanol–water partition coefficient (Wildman–Crippen LogP) is 2.41. The Kier molecular flexibility index (Phi) is 10.2. The van der Waals surface area contributed by atoms with E-state index in [1.165, 1.54) is 18.2 Å². The molecule has 0 radical (unpaired) electrons. The molecule has 11 nitrogen and oxygen atoms in total. The summed E-state index contributed by atoms with van der Waals surface area (Å²) in [6.45, 7) is 0.322. The number of aliphatic imine (C=N–C) groups is 1. The third-order valence-electron chi connectivity index (χ3n) is 5.53. The molecule has 0 aromatic heterocycles. The van der Waals surface area contributed by atoms with Crippen LogP contribution in [0.4, 0.5) is 5.69 Å². The number of carbonyl (C=O) groups excluding carboxylic acids is 3. The van der Waals surface area contributed by atoms with Crippen molar-refractivity contribution >= 4 is 41.0 Å². The molecule has 0 aliphatic heterocycles. The van der Waals surface area contributed by atoms with Crippen LogP contribution in [0.25, 0.3) is 0 Å². The van der Waals surface area contributed by atoms with Gasteiger partial charge in [0.2, 0.25) is 11.8 Å². The Bertz CT molecular complexity index is 1350. The summed E-state index contributed by atoms with van der Waals surface area (Å²) in [5, 5.41) is 5.92. The minimum Gasteiger partial charge on any atom is -0.455 e. The minimum atomic E-state index is -1.09. The van der Waals surface area contributed by atoms with Crippen LogP contribution in [0.2, 0.25) is 5.02 Å². The first-order chi connectivity index (χ1) is 18.6. The number of rotatable bonds is 12. The van der Waals surface area contributed by atoms with Gasteiger partial charge >= 0.3 is 0 Å². The molecule has 0 saturated carbocycles. The molecular weight excluding hydrogens is 522 g/mol. The highest BCUT2D eigenvalue weighted by Crippen LogP contribution is 2.32. The predicted molar refractivity (Wildman–Crippen MR) is 150 cm³/mol. The summed E-state index contributed by atoms with van der Waals surface area (Å²) in [7, 11) is 0. The maximum atomic E-state index is 13.5. The lowest BCUT2D eigenvalue weighted by Gasteiger charge is -2.22. The first-order valence-corrected chi connectivity index (χ1v) is 12.4. The van der Waals surface area contributed by atoms with Gasteiger partial charge in [-0.2, -0.15) is 0 Å². The van der Waals surface area contributed by atoms with Crippen molar-refractivity contribution in [2.75, 3.05) is 11.9 Å². The number of amides is 3. The van der Waals surface area contributed by atoms with Crippen molar-refractivity contribution in [3.05, 3.63) is 88.9 Å². The van der Waals surface area contributed by atoms with Gasteiger partial charge in [0.15, 0.2) is 11.7 Å². The quantitative estimate of drug-likeness (QED) is 0.113. The summed E-state index contributed by atoms with van der Waals surface area (Å²) in [6.07, 6.45) is 0.781. The van der Waals surface area contributed by atoms with Crippen molar-refractivity contribution in [3.63, 3.8) is 0 Å². The molecule has 3 aromatic rings. The number of anilines is 1. The normalized spacial score (nSPS) is 12.1. The van der Waals surface area contributed by atoms with E-state index in [2.05, 4.69) is 15.6 Å². The van der Waals surface area contributed by atoms with Gasteiger partial charge in [-0.1, -0.05) is 48.0 Å². The third-order valence-corrected chi connectivity index (χ3v) is 5.77. The molecule has 0 heterocycles. The Labute approximate surface area is 230 Å². The summed E-state index contributed by atoms with van der Waals surface area (Å²) < 4.78 is 5.92. The summed E-state index contributed by atoms with van der Waals surface area (Å²) in [4.78, 5) is 42.0. The van der Waals surface area contributed by atoms with Crippen LogP contribution in [0.3, 0.4) is 0 Å². The van der Waals surface area contributed by atoms with Crippen molar-refractivity contribution < 1.29 is 19.1 Å². The molecule has 0 fully saturated rings. The molecule has 0 aliphatic carbocycles. The molecule has 0 spiro atoms. The van der Waals surface area contributed by atoms with E-state index in [1.54, 1.807) is 54.6 Å². The van der Waals surface area contributed by atoms with Crippen molar-refractivity contribution in [1.82, 2.24) is 5.32 Å². The van der Waals surface area contributed by atoms with E-state index in [-0.39, 0.29) is 23.0 Å². The molecule has 3 rings (SSSR count). The van der Waals surface area contributed by atoms with Crippen LogP contribution >= 0.6 is 11.6 Å². The van der Waals surface area contributed by atoms with Crippen LogP contribution in [0.15, 0.2) is 77.8 Å². The van der Waals surface area contributed by atoms with E-state index in [0.29, 0.717) is 35.7 Å². The lowest BCUT2D eigenvalue weighted by Crippen LogP contribution is -2.45. The van der Waals surface area contributed by atoms with E-state index >= 15 is 0 Å². The molecule has 3 aromatic carbocycles. The molecule has 0 aliphatic rings. The van der Waals surface area contributed by atoms with Crippen LogP contribution in [0, 0.1) is 0 Å². The largest absolute Gasteiger partial charge is 0.455 e. The van der Waals surface area contributed by atoms with Crippen molar-refractivity contribution in [2.45, 2.75) is 24.9 Å². The minimum absolute atomic E-state index is 0.0450. The number of hydrogen-bond donors (Lipinski definition) is 6. The van der Waals surface area contributed by atoms with Crippen molar-refractivity contribution in [3.8, 4) is 11.5 Å². The monoisotopic (exact) mass is 551 g/mol. The molecule has 0 saturated heterocycles. The average molecular weight is 552 g/mol. The number of ether oxygens (including phenoxy) is 1. The van der Waals surface area contributed by atoms with Gasteiger partial charge in [-0.25, -0.2) is 0 Å². The number of guanidine groups is 1. The van der Waals surface area contributed by atoms with E-state index in [4.69, 9.17) is 39.3 Å². The number of halogens is 1. The second-order valence-electron chi connectivity index (χ2n) is 8.53. The van der Waals surface area contributed by atoms with Gasteiger partial charge in [-0.05, 0) is 54.8 Å². The highest BCUT2D eigenvalue weighted by Gasteiger charge is 2.26. The summed E-state index contributed by atoms with van der Waals surface area (Å²) in [5.74, 6) is -1.28. The van der Waals surface area contributed by atoms with Crippen LogP contribution in [-0.4, -0.2) is 36.3 Å². The molecule has 10 N–H and O–H groups in total. The highest BCUT2D eigenvalue weighted by atomic mass is 35.5. The number of benzene rings is 3. The Morgan fingerprint density at radius 2 is 1.67 bits per heavy atom. The maximum Gasteiger partial charge on any atom is 0.251 e. The fourth-order valence-electron chi connectivity index (χ4n) is 3.57. The topological polar surface area (TPSA) is 201 Å². The summed E-state index contributed by atoms with van der Waals surface area (Å²) in [6, 6.07) is 17.6. The number of nitrogens with zero attached hydrogens (tertiary/aromatic N) is 1. The number of nitrogens with one attached hydrogen (secondary N) is 2. The average Bonchev–Trinajstić information content (AvgIpc) is 2.90. The van der Waals surface area contributed by atoms with Crippen LogP contribution < -0.4 is 38.3 Å². The second kappa shape index (κ2) is 13.8. The van der Waals surface area contributed by atoms with E-state index in [9.17, 15) is 14.4 Å². The van der Waals surface area contributed by atoms with Gasteiger partial charge in [-0.3, -0.25) is 19.4 Å². The molecular formula is C27H30ClN7O4. The summed E-state index contributed by atoms with van der Waals surface area (Å²) in [5.41, 5.74) is 23.1. The van der Waals surface area contributed by atoms with Gasteiger partial charge in [-0.15, -0.1) is 0 Å². The first kappa shape index (κ1) is 29.0. The van der Waals surface area contributed by atoms with Crippen molar-refractivity contribution in [1.29, 1.82) is 0 Å². The molecule has 39 heavy (non-hydrogen) atoms. The lowest BCUT2D eigenvalue weighted by atomic mass is 10.0. The molecule has 2 atom stereocenters. The zero-order valence-electron chi connectivity index (χ0n) is 21.0. The van der Waals surface area contributed by atoms with Gasteiger partial charge in [0.1, 0.15) is 11.8 Å². The SMILES string of the molecule is NC(=O)c1ccc(NC(=O)[C@@H](NC(=O)[C@@H](N)CCCN=C(N)N)c2ccccc2)c(Oc2cccc(Cl)c2)c1. The zero-order valence-corrected chi connectivity index (χ0v) is 21.7. The Morgan fingerprint density at radius 1 is 0.923 bits per heavy atom.